The van der Waals surface area contributed by atoms with Crippen LogP contribution in [0.5, 0.6) is 5.75 Å². The average molecular weight is 777 g/mol. The van der Waals surface area contributed by atoms with Crippen molar-refractivity contribution in [1.82, 2.24) is 15.0 Å². The van der Waals surface area contributed by atoms with Crippen LogP contribution < -0.4 is 9.64 Å². The molecular formula is C53H36N4OS. The van der Waals surface area contributed by atoms with Crippen LogP contribution in [0.4, 0.5) is 17.3 Å². The Balaban J connectivity index is 1.16. The van der Waals surface area contributed by atoms with Crippen LogP contribution in [0.15, 0.2) is 164 Å². The van der Waals surface area contributed by atoms with Crippen molar-refractivity contribution in [3.8, 4) is 28.5 Å². The monoisotopic (exact) mass is 776 g/mol. The summed E-state index contributed by atoms with van der Waals surface area (Å²) in [7, 11) is 1.74. The maximum absolute atomic E-state index is 5.69. The molecule has 5 nitrogen and oxygen atoms in total. The van der Waals surface area contributed by atoms with Crippen LogP contribution in [-0.2, 0) is 5.41 Å². The predicted octanol–water partition coefficient (Wildman–Crippen LogP) is 14.3. The number of thiophene rings is 1. The van der Waals surface area contributed by atoms with Crippen molar-refractivity contribution >= 4 is 91.9 Å². The molecule has 1 aliphatic heterocycles. The Labute approximate surface area is 344 Å². The van der Waals surface area contributed by atoms with Gasteiger partial charge in [0.2, 0.25) is 5.95 Å². The quantitative estimate of drug-likeness (QED) is 0.167. The smallest absolute Gasteiger partial charge is 0.238 e. The van der Waals surface area contributed by atoms with Crippen molar-refractivity contribution in [3.05, 3.63) is 175 Å². The third-order valence-electron chi connectivity index (χ3n) is 12.3. The molecule has 0 spiro atoms. The number of rotatable bonds is 4. The van der Waals surface area contributed by atoms with E-state index in [9.17, 15) is 0 Å². The Morgan fingerprint density at radius 1 is 0.458 bits per heavy atom. The van der Waals surface area contributed by atoms with Crippen LogP contribution >= 0.6 is 11.3 Å². The highest BCUT2D eigenvalue weighted by Crippen LogP contribution is 2.55. The molecule has 0 radical (unpaired) electrons. The third kappa shape index (κ3) is 5.13. The second-order valence-corrected chi connectivity index (χ2v) is 17.1. The first kappa shape index (κ1) is 33.9. The van der Waals surface area contributed by atoms with Gasteiger partial charge in [-0.15, -0.1) is 11.3 Å². The maximum atomic E-state index is 5.69. The van der Waals surface area contributed by atoms with Gasteiger partial charge in [-0.05, 0) is 103 Å². The van der Waals surface area contributed by atoms with E-state index >= 15 is 0 Å². The highest BCUT2D eigenvalue weighted by atomic mass is 32.1. The molecule has 0 unspecified atom stereocenters. The molecule has 9 aromatic carbocycles. The number of nitrogens with zero attached hydrogens (tertiary/aromatic N) is 4. The molecule has 12 rings (SSSR count). The zero-order valence-electron chi connectivity index (χ0n) is 32.7. The van der Waals surface area contributed by atoms with Gasteiger partial charge in [0.15, 0.2) is 11.6 Å². The van der Waals surface area contributed by atoms with E-state index in [0.717, 1.165) is 28.3 Å². The average Bonchev–Trinajstić information content (AvgIpc) is 3.64. The lowest BCUT2D eigenvalue weighted by molar-refractivity contribution is 0.415. The summed E-state index contributed by atoms with van der Waals surface area (Å²) in [6.07, 6.45) is 0. The lowest BCUT2D eigenvalue weighted by Crippen LogP contribution is -2.31. The highest BCUT2D eigenvalue weighted by Gasteiger charge is 2.39. The second-order valence-electron chi connectivity index (χ2n) is 16.0. The number of aromatic nitrogens is 3. The topological polar surface area (TPSA) is 51.1 Å². The molecule has 280 valence electrons. The van der Waals surface area contributed by atoms with Crippen LogP contribution in [0.3, 0.4) is 0 Å². The van der Waals surface area contributed by atoms with Crippen molar-refractivity contribution in [2.45, 2.75) is 19.3 Å². The van der Waals surface area contributed by atoms with E-state index in [-0.39, 0.29) is 5.41 Å². The van der Waals surface area contributed by atoms with Crippen LogP contribution in [0.25, 0.3) is 86.0 Å². The summed E-state index contributed by atoms with van der Waals surface area (Å²) in [5, 5.41) is 12.3. The van der Waals surface area contributed by atoms with Gasteiger partial charge in [0.05, 0.1) is 18.5 Å². The number of hydrogen-bond acceptors (Lipinski definition) is 6. The molecule has 2 aromatic heterocycles. The molecule has 0 fully saturated rings. The normalized spacial score (nSPS) is 13.4. The minimum atomic E-state index is -0.343. The standard InChI is InChI=1S/C53H36N4OS/c1-53(2)44-24-33-18-10-11-19-34(33)25-46(44)57(52-55-50(31-14-6-4-7-15-31)54-51(56-52)32-16-8-5-9-17-32)47-30-49-43(28-45(47)53)42-27-40-37-21-13-12-20-36(37)39-26-35(58-3)22-23-38(39)41(40)29-48(42)59-49/h4-30H,1-3H3. The second kappa shape index (κ2) is 12.7. The van der Waals surface area contributed by atoms with Crippen molar-refractivity contribution in [3.63, 3.8) is 0 Å². The van der Waals surface area contributed by atoms with Crippen LogP contribution in [0.1, 0.15) is 25.0 Å². The van der Waals surface area contributed by atoms with Crippen molar-refractivity contribution < 1.29 is 4.74 Å². The molecule has 0 N–H and O–H groups in total. The fourth-order valence-corrected chi connectivity index (χ4v) is 10.5. The first-order valence-corrected chi connectivity index (χ1v) is 20.8. The van der Waals surface area contributed by atoms with Crippen LogP contribution in [0.2, 0.25) is 0 Å². The maximum Gasteiger partial charge on any atom is 0.238 e. The van der Waals surface area contributed by atoms with E-state index in [4.69, 9.17) is 19.7 Å². The van der Waals surface area contributed by atoms with Gasteiger partial charge in [-0.3, -0.25) is 4.90 Å². The number of benzene rings is 9. The summed E-state index contributed by atoms with van der Waals surface area (Å²) in [5.41, 5.74) is 6.14. The van der Waals surface area contributed by atoms with Gasteiger partial charge in [-0.25, -0.2) is 4.98 Å². The van der Waals surface area contributed by atoms with Gasteiger partial charge in [0, 0.05) is 36.7 Å². The summed E-state index contributed by atoms with van der Waals surface area (Å²) < 4.78 is 8.16. The Morgan fingerprint density at radius 3 is 1.66 bits per heavy atom. The molecule has 11 aromatic rings. The van der Waals surface area contributed by atoms with Gasteiger partial charge in [-0.1, -0.05) is 129 Å². The van der Waals surface area contributed by atoms with Gasteiger partial charge in [-0.2, -0.15) is 9.97 Å². The van der Waals surface area contributed by atoms with Crippen molar-refractivity contribution in [2.75, 3.05) is 12.0 Å². The lowest BCUT2D eigenvalue weighted by Gasteiger charge is -2.41. The Bertz CT molecular complexity index is 3470. The number of anilines is 3. The lowest BCUT2D eigenvalue weighted by atomic mass is 9.72. The first-order chi connectivity index (χ1) is 28.9. The minimum absolute atomic E-state index is 0.343. The fourth-order valence-electron chi connectivity index (χ4n) is 9.35. The summed E-state index contributed by atoms with van der Waals surface area (Å²) >= 11 is 1.85. The molecule has 0 aliphatic carbocycles. The van der Waals surface area contributed by atoms with Crippen molar-refractivity contribution in [2.24, 2.45) is 0 Å². The molecular weight excluding hydrogens is 741 g/mol. The fraction of sp³-hybridized carbons (Fsp3) is 0.0755. The minimum Gasteiger partial charge on any atom is -0.497 e. The zero-order chi connectivity index (χ0) is 39.4. The third-order valence-corrected chi connectivity index (χ3v) is 13.4. The molecule has 0 bridgehead atoms. The molecule has 3 heterocycles. The van der Waals surface area contributed by atoms with E-state index in [1.807, 2.05) is 47.7 Å². The summed E-state index contributed by atoms with van der Waals surface area (Å²) in [4.78, 5) is 18.0. The number of fused-ring (bicyclic) bond motifs is 12. The van der Waals surface area contributed by atoms with E-state index in [1.165, 1.54) is 74.4 Å². The SMILES string of the molecule is COc1ccc2c(c1)c1ccccc1c1cc3c(cc21)sc1cc2c(cc13)C(C)(C)c1cc3ccccc3cc1N2c1nc(-c2ccccc2)nc(-c2ccccc2)n1. The van der Waals surface area contributed by atoms with Gasteiger partial charge >= 0.3 is 0 Å². The molecule has 0 amide bonds. The van der Waals surface area contributed by atoms with Crippen molar-refractivity contribution in [1.29, 1.82) is 0 Å². The van der Waals surface area contributed by atoms with Gasteiger partial charge in [0.25, 0.3) is 0 Å². The Hall–Kier alpha value is -7.15. The first-order valence-electron chi connectivity index (χ1n) is 20.0. The largest absolute Gasteiger partial charge is 0.497 e. The molecule has 1 aliphatic rings. The Morgan fingerprint density at radius 2 is 0.983 bits per heavy atom. The number of ether oxygens (including phenoxy) is 1. The molecule has 0 atom stereocenters. The van der Waals surface area contributed by atoms with Gasteiger partial charge < -0.3 is 4.74 Å². The number of hydrogen-bond donors (Lipinski definition) is 0. The van der Waals surface area contributed by atoms with E-state index in [1.54, 1.807) is 7.11 Å². The Kier molecular flexibility index (Phi) is 7.29. The zero-order valence-corrected chi connectivity index (χ0v) is 33.5. The molecule has 0 saturated carbocycles. The summed E-state index contributed by atoms with van der Waals surface area (Å²) in [5.74, 6) is 2.72. The van der Waals surface area contributed by atoms with E-state index in [0.29, 0.717) is 17.6 Å². The van der Waals surface area contributed by atoms with E-state index in [2.05, 4.69) is 146 Å². The van der Waals surface area contributed by atoms with Crippen LogP contribution in [-0.4, -0.2) is 22.1 Å². The summed E-state index contributed by atoms with van der Waals surface area (Å²) in [6, 6.07) is 58.6. The molecule has 59 heavy (non-hydrogen) atoms. The van der Waals surface area contributed by atoms with Crippen LogP contribution in [0, 0.1) is 0 Å². The predicted molar refractivity (Wildman–Crippen MR) is 247 cm³/mol. The van der Waals surface area contributed by atoms with E-state index < -0.39 is 0 Å². The highest BCUT2D eigenvalue weighted by molar-refractivity contribution is 7.26. The van der Waals surface area contributed by atoms with Gasteiger partial charge in [0.1, 0.15) is 5.75 Å². The number of methoxy groups -OCH3 is 1. The molecule has 6 heteroatoms. The molecule has 0 saturated heterocycles. The summed E-state index contributed by atoms with van der Waals surface area (Å²) in [6.45, 7) is 4.72.